The van der Waals surface area contributed by atoms with Crippen LogP contribution in [0.2, 0.25) is 5.02 Å². The van der Waals surface area contributed by atoms with Gasteiger partial charge in [0.05, 0.1) is 17.3 Å². The lowest BCUT2D eigenvalue weighted by Crippen LogP contribution is -2.35. The van der Waals surface area contributed by atoms with Crippen molar-refractivity contribution in [2.75, 3.05) is 19.3 Å². The normalized spacial score (nSPS) is 9.88. The smallest absolute Gasteiger partial charge is 0.254 e. The molecule has 2 amide bonds. The molecule has 0 saturated heterocycles. The first-order valence-electron chi connectivity index (χ1n) is 4.50. The molecule has 1 aromatic rings. The SMILES string of the molecule is CN(CC(N)=O)C(=O)c1ccc(N)c(Cl)c1. The molecule has 0 radical (unpaired) electrons. The van der Waals surface area contributed by atoms with Gasteiger partial charge in [0.25, 0.3) is 5.91 Å². The molecule has 0 aliphatic heterocycles. The monoisotopic (exact) mass is 241 g/mol. The summed E-state index contributed by atoms with van der Waals surface area (Å²) in [5, 5.41) is 0.304. The molecule has 0 spiro atoms. The Morgan fingerprint density at radius 2 is 2.06 bits per heavy atom. The van der Waals surface area contributed by atoms with Gasteiger partial charge in [-0.15, -0.1) is 0 Å². The van der Waals surface area contributed by atoms with Gasteiger partial charge in [0, 0.05) is 12.6 Å². The summed E-state index contributed by atoms with van der Waals surface area (Å²) in [7, 11) is 1.48. The molecule has 1 rings (SSSR count). The van der Waals surface area contributed by atoms with Crippen molar-refractivity contribution in [3.8, 4) is 0 Å². The Labute approximate surface area is 98.0 Å². The molecule has 0 unspecified atom stereocenters. The average Bonchev–Trinajstić information content (AvgIpc) is 2.20. The van der Waals surface area contributed by atoms with Gasteiger partial charge < -0.3 is 16.4 Å². The number of hydrogen-bond acceptors (Lipinski definition) is 3. The van der Waals surface area contributed by atoms with Crippen molar-refractivity contribution >= 4 is 29.1 Å². The quantitative estimate of drug-likeness (QED) is 0.755. The summed E-state index contributed by atoms with van der Waals surface area (Å²) in [6.45, 7) is -0.138. The van der Waals surface area contributed by atoms with E-state index in [0.717, 1.165) is 0 Å². The maximum Gasteiger partial charge on any atom is 0.254 e. The van der Waals surface area contributed by atoms with E-state index in [1.54, 1.807) is 6.07 Å². The van der Waals surface area contributed by atoms with Crippen molar-refractivity contribution in [2.45, 2.75) is 0 Å². The lowest BCUT2D eigenvalue weighted by molar-refractivity contribution is -0.118. The van der Waals surface area contributed by atoms with Crippen LogP contribution in [0.25, 0.3) is 0 Å². The molecule has 0 bridgehead atoms. The van der Waals surface area contributed by atoms with Gasteiger partial charge in [-0.25, -0.2) is 0 Å². The lowest BCUT2D eigenvalue weighted by Gasteiger charge is -2.15. The molecule has 0 aromatic heterocycles. The van der Waals surface area contributed by atoms with Gasteiger partial charge in [-0.1, -0.05) is 11.6 Å². The van der Waals surface area contributed by atoms with Crippen molar-refractivity contribution < 1.29 is 9.59 Å². The van der Waals surface area contributed by atoms with Crippen LogP contribution in [0.1, 0.15) is 10.4 Å². The molecule has 16 heavy (non-hydrogen) atoms. The third kappa shape index (κ3) is 2.87. The fourth-order valence-corrected chi connectivity index (χ4v) is 1.37. The summed E-state index contributed by atoms with van der Waals surface area (Å²) in [6.07, 6.45) is 0. The van der Waals surface area contributed by atoms with Crippen LogP contribution in [-0.4, -0.2) is 30.3 Å². The number of primary amides is 1. The van der Waals surface area contributed by atoms with Gasteiger partial charge in [-0.05, 0) is 18.2 Å². The molecule has 86 valence electrons. The van der Waals surface area contributed by atoms with Crippen molar-refractivity contribution in [3.05, 3.63) is 28.8 Å². The van der Waals surface area contributed by atoms with Crippen LogP contribution in [0, 0.1) is 0 Å². The molecule has 0 aliphatic carbocycles. The van der Waals surface area contributed by atoms with E-state index in [0.29, 0.717) is 16.3 Å². The number of halogens is 1. The first-order valence-corrected chi connectivity index (χ1v) is 4.88. The van der Waals surface area contributed by atoms with Crippen molar-refractivity contribution in [2.24, 2.45) is 5.73 Å². The predicted molar refractivity (Wildman–Crippen MR) is 62.0 cm³/mol. The van der Waals surface area contributed by atoms with Crippen molar-refractivity contribution in [1.29, 1.82) is 0 Å². The fraction of sp³-hybridized carbons (Fsp3) is 0.200. The maximum absolute atomic E-state index is 11.8. The van der Waals surface area contributed by atoms with E-state index in [9.17, 15) is 9.59 Å². The van der Waals surface area contributed by atoms with E-state index in [4.69, 9.17) is 23.1 Å². The van der Waals surface area contributed by atoms with Gasteiger partial charge in [0.2, 0.25) is 5.91 Å². The molecule has 0 aliphatic rings. The Hall–Kier alpha value is -1.75. The second-order valence-corrected chi connectivity index (χ2v) is 3.77. The number of nitrogens with zero attached hydrogens (tertiary/aromatic N) is 1. The lowest BCUT2D eigenvalue weighted by atomic mass is 10.2. The number of amides is 2. The Morgan fingerprint density at radius 3 is 2.56 bits per heavy atom. The van der Waals surface area contributed by atoms with Crippen LogP contribution in [0.15, 0.2) is 18.2 Å². The summed E-state index contributed by atoms with van der Waals surface area (Å²) in [5.41, 5.74) is 11.3. The number of nitrogen functional groups attached to an aromatic ring is 1. The van der Waals surface area contributed by atoms with E-state index in [2.05, 4.69) is 0 Å². The highest BCUT2D eigenvalue weighted by molar-refractivity contribution is 6.33. The van der Waals surface area contributed by atoms with Gasteiger partial charge in [0.15, 0.2) is 0 Å². The van der Waals surface area contributed by atoms with E-state index in [1.807, 2.05) is 0 Å². The zero-order valence-corrected chi connectivity index (χ0v) is 9.49. The fourth-order valence-electron chi connectivity index (χ4n) is 1.19. The highest BCUT2D eigenvalue weighted by atomic mass is 35.5. The largest absolute Gasteiger partial charge is 0.398 e. The molecule has 0 saturated carbocycles. The zero-order chi connectivity index (χ0) is 12.3. The third-order valence-corrected chi connectivity index (χ3v) is 2.31. The molecule has 0 fully saturated rings. The number of likely N-dealkylation sites (N-methyl/N-ethyl adjacent to an activating group) is 1. The Morgan fingerprint density at radius 1 is 1.44 bits per heavy atom. The van der Waals surface area contributed by atoms with Gasteiger partial charge in [0.1, 0.15) is 0 Å². The average molecular weight is 242 g/mol. The van der Waals surface area contributed by atoms with E-state index >= 15 is 0 Å². The minimum atomic E-state index is -0.572. The number of anilines is 1. The highest BCUT2D eigenvalue weighted by Gasteiger charge is 2.14. The number of carbonyl (C=O) groups is 2. The first kappa shape index (κ1) is 12.3. The van der Waals surface area contributed by atoms with Gasteiger partial charge in [-0.3, -0.25) is 9.59 Å². The van der Waals surface area contributed by atoms with Crippen LogP contribution in [-0.2, 0) is 4.79 Å². The van der Waals surface area contributed by atoms with E-state index in [1.165, 1.54) is 24.1 Å². The number of carbonyl (C=O) groups excluding carboxylic acids is 2. The Balaban J connectivity index is 2.88. The summed E-state index contributed by atoms with van der Waals surface area (Å²) < 4.78 is 0. The zero-order valence-electron chi connectivity index (χ0n) is 8.74. The van der Waals surface area contributed by atoms with E-state index in [-0.39, 0.29) is 12.5 Å². The molecular formula is C10H12ClN3O2. The van der Waals surface area contributed by atoms with Crippen LogP contribution in [0.4, 0.5) is 5.69 Å². The molecule has 0 heterocycles. The third-order valence-electron chi connectivity index (χ3n) is 1.99. The van der Waals surface area contributed by atoms with Crippen LogP contribution in [0.3, 0.4) is 0 Å². The molecule has 6 heteroatoms. The topological polar surface area (TPSA) is 89.4 Å². The number of rotatable bonds is 3. The van der Waals surface area contributed by atoms with Crippen molar-refractivity contribution in [3.63, 3.8) is 0 Å². The van der Waals surface area contributed by atoms with Crippen molar-refractivity contribution in [1.82, 2.24) is 4.90 Å². The molecule has 4 N–H and O–H groups in total. The summed E-state index contributed by atoms with van der Waals surface area (Å²) in [6, 6.07) is 4.53. The summed E-state index contributed by atoms with van der Waals surface area (Å²) in [5.74, 6) is -0.905. The molecule has 5 nitrogen and oxygen atoms in total. The minimum Gasteiger partial charge on any atom is -0.398 e. The van der Waals surface area contributed by atoms with Gasteiger partial charge >= 0.3 is 0 Å². The van der Waals surface area contributed by atoms with Crippen LogP contribution in [0.5, 0.6) is 0 Å². The standard InChI is InChI=1S/C10H12ClN3O2/c1-14(5-9(13)15)10(16)6-2-3-8(12)7(11)4-6/h2-4H,5,12H2,1H3,(H2,13,15). The predicted octanol–water partition coefficient (Wildman–Crippen LogP) is 0.479. The summed E-state index contributed by atoms with van der Waals surface area (Å²) in [4.78, 5) is 23.6. The Kier molecular flexibility index (Phi) is 3.73. The molecule has 0 atom stereocenters. The highest BCUT2D eigenvalue weighted by Crippen LogP contribution is 2.20. The maximum atomic E-state index is 11.8. The Bertz CT molecular complexity index is 434. The van der Waals surface area contributed by atoms with Crippen LogP contribution >= 0.6 is 11.6 Å². The molecular weight excluding hydrogens is 230 g/mol. The number of benzene rings is 1. The first-order chi connectivity index (χ1) is 7.41. The second-order valence-electron chi connectivity index (χ2n) is 3.36. The van der Waals surface area contributed by atoms with E-state index < -0.39 is 5.91 Å². The summed E-state index contributed by atoms with van der Waals surface area (Å²) >= 11 is 5.78. The molecule has 1 aromatic carbocycles. The van der Waals surface area contributed by atoms with Gasteiger partial charge in [-0.2, -0.15) is 0 Å². The number of nitrogens with two attached hydrogens (primary N) is 2. The number of hydrogen-bond donors (Lipinski definition) is 2. The second kappa shape index (κ2) is 4.85. The van der Waals surface area contributed by atoms with Crippen LogP contribution < -0.4 is 11.5 Å². The minimum absolute atomic E-state index is 0.138.